The summed E-state index contributed by atoms with van der Waals surface area (Å²) in [6.45, 7) is 0.266. The molecule has 1 aromatic heterocycles. The van der Waals surface area contributed by atoms with Crippen molar-refractivity contribution >= 4 is 17.7 Å². The van der Waals surface area contributed by atoms with Crippen LogP contribution in [0.1, 0.15) is 32.8 Å². The topological polar surface area (TPSA) is 139 Å². The van der Waals surface area contributed by atoms with Crippen LogP contribution in [0.2, 0.25) is 0 Å². The smallest absolute Gasteiger partial charge is 0.270 e. The van der Waals surface area contributed by atoms with Gasteiger partial charge in [-0.25, -0.2) is 4.39 Å². The third kappa shape index (κ3) is 6.70. The molecule has 4 aromatic rings. The molecule has 3 aliphatic heterocycles. The summed E-state index contributed by atoms with van der Waals surface area (Å²) in [5.41, 5.74) is 1.42. The molecule has 11 nitrogen and oxygen atoms in total. The molecule has 3 amide bonds. The molecule has 0 saturated carbocycles. The molecule has 236 valence electrons. The van der Waals surface area contributed by atoms with Crippen molar-refractivity contribution in [2.45, 2.75) is 25.1 Å². The molecule has 2 atom stereocenters. The van der Waals surface area contributed by atoms with E-state index in [9.17, 15) is 19.2 Å². The van der Waals surface area contributed by atoms with Crippen LogP contribution >= 0.6 is 0 Å². The fourth-order valence-corrected chi connectivity index (χ4v) is 5.54. The van der Waals surface area contributed by atoms with E-state index in [0.29, 0.717) is 40.4 Å². The summed E-state index contributed by atoms with van der Waals surface area (Å²) in [5.74, 6) is -0.839. The van der Waals surface area contributed by atoms with Crippen LogP contribution in [0, 0.1) is 5.82 Å². The Balaban J connectivity index is 1.36. The van der Waals surface area contributed by atoms with Crippen molar-refractivity contribution in [1.82, 2.24) is 20.5 Å². The fraction of sp³-hybridized carbons (Fsp3) is 0.235. The fourth-order valence-electron chi connectivity index (χ4n) is 5.54. The van der Waals surface area contributed by atoms with Gasteiger partial charge in [0.25, 0.3) is 17.7 Å². The van der Waals surface area contributed by atoms with Crippen LogP contribution in [-0.2, 0) is 11.3 Å². The van der Waals surface area contributed by atoms with Crippen molar-refractivity contribution in [2.24, 2.45) is 0 Å². The second-order valence-corrected chi connectivity index (χ2v) is 11.0. The highest BCUT2D eigenvalue weighted by molar-refractivity contribution is 5.96. The third-order valence-corrected chi connectivity index (χ3v) is 7.92. The minimum absolute atomic E-state index is 0.0358. The summed E-state index contributed by atoms with van der Waals surface area (Å²) in [4.78, 5) is 55.5. The van der Waals surface area contributed by atoms with Gasteiger partial charge < -0.3 is 34.7 Å². The number of fused-ring (bicyclic) bond motifs is 7. The Hall–Kier alpha value is -5.65. The number of nitrogens with zero attached hydrogens (tertiary/aromatic N) is 1. The Labute approximate surface area is 263 Å². The zero-order valence-electron chi connectivity index (χ0n) is 24.9. The Morgan fingerprint density at radius 3 is 2.61 bits per heavy atom. The lowest BCUT2D eigenvalue weighted by Gasteiger charge is -2.38. The van der Waals surface area contributed by atoms with Gasteiger partial charge >= 0.3 is 0 Å². The van der Waals surface area contributed by atoms with Gasteiger partial charge in [0.1, 0.15) is 34.9 Å². The van der Waals surface area contributed by atoms with Crippen LogP contribution in [0.25, 0.3) is 11.1 Å². The van der Waals surface area contributed by atoms with E-state index in [4.69, 9.17) is 14.2 Å². The lowest BCUT2D eigenvalue weighted by Crippen LogP contribution is -2.58. The van der Waals surface area contributed by atoms with Gasteiger partial charge in [0.2, 0.25) is 5.56 Å². The maximum absolute atomic E-state index is 15.1. The summed E-state index contributed by atoms with van der Waals surface area (Å²) in [7, 11) is 1.50. The van der Waals surface area contributed by atoms with Gasteiger partial charge in [-0.05, 0) is 53.6 Å². The van der Waals surface area contributed by atoms with Crippen molar-refractivity contribution in [3.8, 4) is 28.4 Å². The summed E-state index contributed by atoms with van der Waals surface area (Å²) in [5, 5.41) is 5.72. The number of hydrogen-bond donors (Lipinski definition) is 3. The van der Waals surface area contributed by atoms with Crippen molar-refractivity contribution in [1.29, 1.82) is 0 Å². The van der Waals surface area contributed by atoms with E-state index in [-0.39, 0.29) is 43.4 Å². The first-order chi connectivity index (χ1) is 22.3. The van der Waals surface area contributed by atoms with E-state index < -0.39 is 35.3 Å². The molecule has 4 heterocycles. The van der Waals surface area contributed by atoms with Gasteiger partial charge in [-0.2, -0.15) is 0 Å². The molecule has 0 spiro atoms. The molecule has 0 radical (unpaired) electrons. The van der Waals surface area contributed by atoms with E-state index in [1.165, 1.54) is 42.3 Å². The Bertz CT molecular complexity index is 1860. The van der Waals surface area contributed by atoms with Gasteiger partial charge in [-0.1, -0.05) is 24.3 Å². The number of aromatic nitrogens is 1. The van der Waals surface area contributed by atoms with E-state index >= 15 is 4.39 Å². The van der Waals surface area contributed by atoms with E-state index in [2.05, 4.69) is 15.6 Å². The number of carbonyl (C=O) groups is 3. The first-order valence-electron chi connectivity index (χ1n) is 14.7. The maximum Gasteiger partial charge on any atom is 0.270 e. The molecule has 3 aliphatic rings. The SMILES string of the molecule is COc1cc2ccc1CNC(=O)COc1cccc(c1)-c1ccc(F)c(c1)C(=O)N[C@@H]1CN(C(=O)c3cccc(=O)[nH]3)CC[C@@H]1O2. The minimum Gasteiger partial charge on any atom is -0.496 e. The number of ether oxygens (including phenoxy) is 3. The van der Waals surface area contributed by atoms with Crippen molar-refractivity contribution in [3.05, 3.63) is 112 Å². The van der Waals surface area contributed by atoms with E-state index in [1.807, 2.05) is 0 Å². The number of rotatable bonds is 2. The Morgan fingerprint density at radius 2 is 1.78 bits per heavy atom. The number of aromatic amines is 1. The molecule has 0 unspecified atom stereocenters. The molecule has 7 rings (SSSR count). The number of H-pyrrole nitrogens is 1. The highest BCUT2D eigenvalue weighted by atomic mass is 19.1. The third-order valence-electron chi connectivity index (χ3n) is 7.92. The highest BCUT2D eigenvalue weighted by Gasteiger charge is 2.35. The average molecular weight is 627 g/mol. The van der Waals surface area contributed by atoms with Gasteiger partial charge in [-0.15, -0.1) is 0 Å². The van der Waals surface area contributed by atoms with Gasteiger partial charge in [0.05, 0.1) is 18.7 Å². The van der Waals surface area contributed by atoms with E-state index in [0.717, 1.165) is 0 Å². The number of carbonyl (C=O) groups excluding carboxylic acids is 3. The van der Waals surface area contributed by atoms with Crippen LogP contribution in [-0.4, -0.2) is 66.6 Å². The molecule has 1 fully saturated rings. The van der Waals surface area contributed by atoms with Gasteiger partial charge in [0, 0.05) is 43.8 Å². The highest BCUT2D eigenvalue weighted by Crippen LogP contribution is 2.29. The van der Waals surface area contributed by atoms with Crippen molar-refractivity contribution in [3.63, 3.8) is 0 Å². The molecule has 3 N–H and O–H groups in total. The Morgan fingerprint density at radius 1 is 0.957 bits per heavy atom. The summed E-state index contributed by atoms with van der Waals surface area (Å²) >= 11 is 0. The number of benzene rings is 3. The number of piperidine rings is 1. The van der Waals surface area contributed by atoms with Gasteiger partial charge in [0.15, 0.2) is 6.61 Å². The minimum atomic E-state index is -0.754. The second-order valence-electron chi connectivity index (χ2n) is 11.0. The molecule has 46 heavy (non-hydrogen) atoms. The largest absolute Gasteiger partial charge is 0.496 e. The molecule has 3 aromatic carbocycles. The molecule has 12 heteroatoms. The molecule has 6 bridgehead atoms. The monoisotopic (exact) mass is 626 g/mol. The zero-order chi connectivity index (χ0) is 32.2. The molecule has 0 aliphatic carbocycles. The van der Waals surface area contributed by atoms with Gasteiger partial charge in [-0.3, -0.25) is 19.2 Å². The normalized spacial score (nSPS) is 18.3. The molecule has 1 saturated heterocycles. The number of halogens is 1. The lowest BCUT2D eigenvalue weighted by molar-refractivity contribution is -0.123. The molecular weight excluding hydrogens is 595 g/mol. The van der Waals surface area contributed by atoms with Crippen LogP contribution < -0.4 is 30.4 Å². The maximum atomic E-state index is 15.1. The zero-order valence-corrected chi connectivity index (χ0v) is 24.9. The predicted octanol–water partition coefficient (Wildman–Crippen LogP) is 3.29. The van der Waals surface area contributed by atoms with Crippen molar-refractivity contribution in [2.75, 3.05) is 26.8 Å². The number of methoxy groups -OCH3 is 1. The van der Waals surface area contributed by atoms with Crippen LogP contribution in [0.15, 0.2) is 83.7 Å². The Kier molecular flexibility index (Phi) is 8.68. The van der Waals surface area contributed by atoms with Crippen LogP contribution in [0.3, 0.4) is 0 Å². The van der Waals surface area contributed by atoms with Crippen molar-refractivity contribution < 1.29 is 33.0 Å². The van der Waals surface area contributed by atoms with Crippen LogP contribution in [0.4, 0.5) is 4.39 Å². The predicted molar refractivity (Wildman–Crippen MR) is 165 cm³/mol. The average Bonchev–Trinajstić information content (AvgIpc) is 3.07. The number of likely N-dealkylation sites (tertiary alicyclic amines) is 1. The first kappa shape index (κ1) is 30.4. The lowest BCUT2D eigenvalue weighted by atomic mass is 9.99. The summed E-state index contributed by atoms with van der Waals surface area (Å²) in [6, 6.07) is 19.8. The number of nitrogens with one attached hydrogen (secondary N) is 3. The van der Waals surface area contributed by atoms with Crippen LogP contribution in [0.5, 0.6) is 17.2 Å². The first-order valence-corrected chi connectivity index (χ1v) is 14.7. The number of amides is 3. The quantitative estimate of drug-likeness (QED) is 0.310. The number of hydrogen-bond acceptors (Lipinski definition) is 7. The second kappa shape index (κ2) is 13.1. The molecular formula is C34H31FN4O7. The standard InChI is InChI=1S/C34H31FN4O7/c1-44-30-16-24-10-8-22(30)17-36-32(41)19-45-23-5-2-4-20(14-23)21-9-11-26(35)25(15-21)33(42)38-28-18-39(13-12-29(28)46-24)34(43)27-6-3-7-31(40)37-27/h2-11,14-16,28-29H,12-13,17-19H2,1H3,(H,36,41)(H,37,40)(H,38,42)/t28-,29+/m1/s1. The number of pyridine rings is 1. The summed E-state index contributed by atoms with van der Waals surface area (Å²) < 4.78 is 32.7. The van der Waals surface area contributed by atoms with E-state index in [1.54, 1.807) is 48.5 Å². The summed E-state index contributed by atoms with van der Waals surface area (Å²) in [6.07, 6.45) is -0.285.